The van der Waals surface area contributed by atoms with Crippen molar-refractivity contribution in [3.8, 4) is 0 Å². The van der Waals surface area contributed by atoms with E-state index in [4.69, 9.17) is 0 Å². The van der Waals surface area contributed by atoms with Crippen molar-refractivity contribution in [2.45, 2.75) is 18.9 Å². The lowest BCUT2D eigenvalue weighted by atomic mass is 10.0. The van der Waals surface area contributed by atoms with Crippen LogP contribution in [0.2, 0.25) is 0 Å². The third kappa shape index (κ3) is 2.96. The average molecular weight is 295 g/mol. The molecule has 1 N–H and O–H groups in total. The highest BCUT2D eigenvalue weighted by Gasteiger charge is 2.11. The molecule has 1 unspecified atom stereocenters. The highest BCUT2D eigenvalue weighted by atomic mass is 79.9. The van der Waals surface area contributed by atoms with Crippen LogP contribution in [0.15, 0.2) is 41.1 Å². The van der Waals surface area contributed by atoms with Crippen molar-refractivity contribution in [1.29, 1.82) is 0 Å². The molecule has 0 spiro atoms. The number of benzene rings is 1. The minimum absolute atomic E-state index is 0.456. The summed E-state index contributed by atoms with van der Waals surface area (Å²) in [6.07, 6.45) is 4.68. The number of hydrogen-bond acceptors (Lipinski definition) is 2. The molecule has 0 fully saturated rings. The second kappa shape index (κ2) is 5.47. The summed E-state index contributed by atoms with van der Waals surface area (Å²) >= 11 is 3.45. The molecule has 0 saturated carbocycles. The van der Waals surface area contributed by atoms with Gasteiger partial charge in [-0.25, -0.2) is 4.98 Å². The number of nitrogens with zero attached hydrogens (tertiary/aromatic N) is 2. The summed E-state index contributed by atoms with van der Waals surface area (Å²) < 4.78 is 2.93. The number of hydrogen-bond donors (Lipinski definition) is 1. The number of imidazole rings is 1. The molecule has 2 rings (SSSR count). The highest BCUT2D eigenvalue weighted by Crippen LogP contribution is 2.26. The van der Waals surface area contributed by atoms with Gasteiger partial charge in [-0.3, -0.25) is 0 Å². The lowest BCUT2D eigenvalue weighted by molar-refractivity contribution is 0.166. The van der Waals surface area contributed by atoms with Gasteiger partial charge in [0.05, 0.1) is 6.10 Å². The van der Waals surface area contributed by atoms with E-state index in [9.17, 15) is 5.11 Å². The van der Waals surface area contributed by atoms with Crippen molar-refractivity contribution in [2.24, 2.45) is 7.05 Å². The first-order valence-electron chi connectivity index (χ1n) is 5.57. The fourth-order valence-corrected chi connectivity index (χ4v) is 2.35. The van der Waals surface area contributed by atoms with E-state index in [-0.39, 0.29) is 0 Å². The van der Waals surface area contributed by atoms with Gasteiger partial charge in [-0.2, -0.15) is 0 Å². The molecule has 1 atom stereocenters. The molecule has 1 aromatic heterocycles. The third-order valence-corrected chi connectivity index (χ3v) is 3.55. The average Bonchev–Trinajstić information content (AvgIpc) is 2.72. The fraction of sp³-hybridized carbons (Fsp3) is 0.308. The van der Waals surface area contributed by atoms with E-state index in [0.29, 0.717) is 6.42 Å². The molecular weight excluding hydrogens is 280 g/mol. The smallest absolute Gasteiger partial charge is 0.108 e. The second-order valence-corrected chi connectivity index (χ2v) is 4.88. The molecular formula is C13H15BrN2O. The van der Waals surface area contributed by atoms with Gasteiger partial charge >= 0.3 is 0 Å². The Balaban J connectivity index is 2.01. The van der Waals surface area contributed by atoms with Crippen LogP contribution in [0.1, 0.15) is 23.9 Å². The monoisotopic (exact) mass is 294 g/mol. The van der Waals surface area contributed by atoms with Crippen LogP contribution in [0, 0.1) is 0 Å². The van der Waals surface area contributed by atoms with E-state index in [0.717, 1.165) is 22.3 Å². The van der Waals surface area contributed by atoms with Crippen molar-refractivity contribution in [3.63, 3.8) is 0 Å². The van der Waals surface area contributed by atoms with Crippen molar-refractivity contribution in [1.82, 2.24) is 9.55 Å². The van der Waals surface area contributed by atoms with Crippen LogP contribution in [0.4, 0.5) is 0 Å². The number of halogens is 1. The molecule has 3 nitrogen and oxygen atoms in total. The van der Waals surface area contributed by atoms with Gasteiger partial charge in [0.1, 0.15) is 5.82 Å². The van der Waals surface area contributed by atoms with Crippen LogP contribution >= 0.6 is 15.9 Å². The fourth-order valence-electron chi connectivity index (χ4n) is 1.80. The van der Waals surface area contributed by atoms with Crippen LogP contribution in [-0.4, -0.2) is 14.7 Å². The van der Waals surface area contributed by atoms with Gasteiger partial charge in [0.15, 0.2) is 0 Å². The molecule has 0 amide bonds. The van der Waals surface area contributed by atoms with E-state index in [1.54, 1.807) is 6.20 Å². The largest absolute Gasteiger partial charge is 0.388 e. The van der Waals surface area contributed by atoms with Crippen molar-refractivity contribution in [3.05, 3.63) is 52.5 Å². The van der Waals surface area contributed by atoms with Gasteiger partial charge in [0.2, 0.25) is 0 Å². The van der Waals surface area contributed by atoms with Gasteiger partial charge in [0, 0.05) is 30.3 Å². The van der Waals surface area contributed by atoms with Crippen molar-refractivity contribution >= 4 is 15.9 Å². The lowest BCUT2D eigenvalue weighted by Crippen LogP contribution is -2.04. The number of aromatic nitrogens is 2. The maximum absolute atomic E-state index is 10.1. The third-order valence-electron chi connectivity index (χ3n) is 2.83. The zero-order valence-electron chi connectivity index (χ0n) is 9.68. The zero-order chi connectivity index (χ0) is 12.3. The number of aliphatic hydroxyl groups is 1. The summed E-state index contributed by atoms with van der Waals surface area (Å²) in [7, 11) is 1.97. The van der Waals surface area contributed by atoms with Crippen LogP contribution < -0.4 is 0 Å². The van der Waals surface area contributed by atoms with E-state index in [1.807, 2.05) is 42.1 Å². The zero-order valence-corrected chi connectivity index (χ0v) is 11.3. The molecule has 90 valence electrons. The molecule has 1 aromatic carbocycles. The number of rotatable bonds is 4. The van der Waals surface area contributed by atoms with Crippen LogP contribution in [0.25, 0.3) is 0 Å². The van der Waals surface area contributed by atoms with Gasteiger partial charge in [-0.05, 0) is 18.1 Å². The molecule has 1 heterocycles. The van der Waals surface area contributed by atoms with Gasteiger partial charge in [-0.15, -0.1) is 0 Å². The maximum Gasteiger partial charge on any atom is 0.108 e. The Kier molecular flexibility index (Phi) is 3.97. The van der Waals surface area contributed by atoms with Gasteiger partial charge in [-0.1, -0.05) is 34.1 Å². The SMILES string of the molecule is Cn1ccnc1CCC(O)c1ccccc1Br. The maximum atomic E-state index is 10.1. The first-order chi connectivity index (χ1) is 8.18. The van der Waals surface area contributed by atoms with Crippen molar-refractivity contribution in [2.75, 3.05) is 0 Å². The van der Waals surface area contributed by atoms with E-state index < -0.39 is 6.10 Å². The molecule has 2 aromatic rings. The Labute approximate surface area is 109 Å². The Morgan fingerprint density at radius 2 is 2.18 bits per heavy atom. The molecule has 4 heteroatoms. The quantitative estimate of drug-likeness (QED) is 0.942. The Hall–Kier alpha value is -1.13. The highest BCUT2D eigenvalue weighted by molar-refractivity contribution is 9.10. The summed E-state index contributed by atoms with van der Waals surface area (Å²) in [5.74, 6) is 0.996. The van der Waals surface area contributed by atoms with E-state index in [2.05, 4.69) is 20.9 Å². The topological polar surface area (TPSA) is 38.0 Å². The molecule has 0 radical (unpaired) electrons. The Bertz CT molecular complexity index is 496. The summed E-state index contributed by atoms with van der Waals surface area (Å²) in [6.45, 7) is 0. The summed E-state index contributed by atoms with van der Waals surface area (Å²) in [5, 5.41) is 10.1. The molecule has 17 heavy (non-hydrogen) atoms. The summed E-state index contributed by atoms with van der Waals surface area (Å²) in [5.41, 5.74) is 0.932. The minimum Gasteiger partial charge on any atom is -0.388 e. The second-order valence-electron chi connectivity index (χ2n) is 4.03. The lowest BCUT2D eigenvalue weighted by Gasteiger charge is -2.12. The van der Waals surface area contributed by atoms with Crippen LogP contribution in [-0.2, 0) is 13.5 Å². The van der Waals surface area contributed by atoms with Gasteiger partial charge in [0.25, 0.3) is 0 Å². The normalized spacial score (nSPS) is 12.6. The number of aliphatic hydroxyl groups excluding tert-OH is 1. The standard InChI is InChI=1S/C13H15BrN2O/c1-16-9-8-15-13(16)7-6-12(17)10-4-2-3-5-11(10)14/h2-5,8-9,12,17H,6-7H2,1H3. The Morgan fingerprint density at radius 1 is 1.41 bits per heavy atom. The molecule has 0 saturated heterocycles. The first-order valence-corrected chi connectivity index (χ1v) is 6.36. The predicted molar refractivity (Wildman–Crippen MR) is 70.6 cm³/mol. The van der Waals surface area contributed by atoms with Crippen LogP contribution in [0.5, 0.6) is 0 Å². The molecule has 0 bridgehead atoms. The van der Waals surface area contributed by atoms with E-state index in [1.165, 1.54) is 0 Å². The van der Waals surface area contributed by atoms with E-state index >= 15 is 0 Å². The van der Waals surface area contributed by atoms with Crippen molar-refractivity contribution < 1.29 is 5.11 Å². The van der Waals surface area contributed by atoms with Gasteiger partial charge < -0.3 is 9.67 Å². The molecule has 0 aliphatic heterocycles. The Morgan fingerprint density at radius 3 is 2.82 bits per heavy atom. The first kappa shape index (κ1) is 12.3. The predicted octanol–water partition coefficient (Wildman–Crippen LogP) is 2.85. The summed E-state index contributed by atoms with van der Waals surface area (Å²) in [4.78, 5) is 4.24. The summed E-state index contributed by atoms with van der Waals surface area (Å²) in [6, 6.07) is 7.76. The molecule has 0 aliphatic rings. The van der Waals surface area contributed by atoms with Crippen LogP contribution in [0.3, 0.4) is 0 Å². The number of aryl methyl sites for hydroxylation is 2. The minimum atomic E-state index is -0.456. The molecule has 0 aliphatic carbocycles.